The Morgan fingerprint density at radius 1 is 1.26 bits per heavy atom. The number of hydrogen-bond donors (Lipinski definition) is 1. The van der Waals surface area contributed by atoms with E-state index in [0.717, 1.165) is 28.2 Å². The molecular formula is C19H21N3O4S. The van der Waals surface area contributed by atoms with Crippen LogP contribution in [0.1, 0.15) is 17.4 Å². The molecular weight excluding hydrogens is 366 g/mol. The first kappa shape index (κ1) is 18.0. The number of ether oxygens (including phenoxy) is 2. The zero-order chi connectivity index (χ0) is 18.9. The second-order valence-corrected chi connectivity index (χ2v) is 8.32. The van der Waals surface area contributed by atoms with Crippen LogP contribution in [0.25, 0.3) is 11.0 Å². The van der Waals surface area contributed by atoms with Gasteiger partial charge >= 0.3 is 0 Å². The molecule has 0 saturated carbocycles. The van der Waals surface area contributed by atoms with E-state index in [1.165, 1.54) is 0 Å². The molecule has 0 bridgehead atoms. The van der Waals surface area contributed by atoms with Crippen LogP contribution in [0, 0.1) is 0 Å². The molecule has 1 atom stereocenters. The van der Waals surface area contributed by atoms with E-state index in [4.69, 9.17) is 9.47 Å². The van der Waals surface area contributed by atoms with Crippen LogP contribution in [0.2, 0.25) is 0 Å². The fourth-order valence-electron chi connectivity index (χ4n) is 3.34. The SMILES string of the molecule is COc1ccc2nc3n(c2c1)[C@@H](CNS(=O)(=O)Cc1ccccc1)COC3. The smallest absolute Gasteiger partial charge is 0.215 e. The molecule has 0 radical (unpaired) electrons. The second-order valence-electron chi connectivity index (χ2n) is 6.51. The number of aromatic nitrogens is 2. The quantitative estimate of drug-likeness (QED) is 0.701. The molecule has 1 aromatic heterocycles. The van der Waals surface area contributed by atoms with Crippen molar-refractivity contribution in [2.75, 3.05) is 20.3 Å². The van der Waals surface area contributed by atoms with Gasteiger partial charge < -0.3 is 14.0 Å². The van der Waals surface area contributed by atoms with Crippen molar-refractivity contribution in [1.29, 1.82) is 0 Å². The van der Waals surface area contributed by atoms with Crippen LogP contribution in [0.5, 0.6) is 5.75 Å². The summed E-state index contributed by atoms with van der Waals surface area (Å²) in [7, 11) is -1.83. The van der Waals surface area contributed by atoms with Crippen LogP contribution >= 0.6 is 0 Å². The monoisotopic (exact) mass is 387 g/mol. The molecule has 8 heteroatoms. The van der Waals surface area contributed by atoms with Crippen molar-refractivity contribution < 1.29 is 17.9 Å². The number of fused-ring (bicyclic) bond motifs is 3. The third-order valence-electron chi connectivity index (χ3n) is 4.61. The molecule has 2 aromatic carbocycles. The highest BCUT2D eigenvalue weighted by molar-refractivity contribution is 7.88. The molecule has 0 spiro atoms. The second kappa shape index (κ2) is 7.30. The van der Waals surface area contributed by atoms with Crippen LogP contribution in [-0.2, 0) is 27.1 Å². The first-order valence-corrected chi connectivity index (χ1v) is 10.3. The summed E-state index contributed by atoms with van der Waals surface area (Å²) in [6.45, 7) is 1.07. The number of hydrogen-bond acceptors (Lipinski definition) is 5. The van der Waals surface area contributed by atoms with Crippen LogP contribution in [0.3, 0.4) is 0 Å². The van der Waals surface area contributed by atoms with E-state index in [-0.39, 0.29) is 18.3 Å². The maximum atomic E-state index is 12.5. The Balaban J connectivity index is 1.56. The molecule has 1 aliphatic heterocycles. The van der Waals surface area contributed by atoms with Crippen molar-refractivity contribution in [2.24, 2.45) is 0 Å². The summed E-state index contributed by atoms with van der Waals surface area (Å²) in [4.78, 5) is 4.60. The van der Waals surface area contributed by atoms with Gasteiger partial charge in [0.15, 0.2) is 0 Å². The van der Waals surface area contributed by atoms with Crippen molar-refractivity contribution in [2.45, 2.75) is 18.4 Å². The maximum absolute atomic E-state index is 12.5. The molecule has 3 aromatic rings. The summed E-state index contributed by atoms with van der Waals surface area (Å²) >= 11 is 0. The highest BCUT2D eigenvalue weighted by Gasteiger charge is 2.25. The predicted octanol–water partition coefficient (Wildman–Crippen LogP) is 2.24. The molecule has 0 amide bonds. The van der Waals surface area contributed by atoms with Crippen LogP contribution in [-0.4, -0.2) is 38.2 Å². The van der Waals surface area contributed by atoms with E-state index in [0.29, 0.717) is 13.2 Å². The van der Waals surface area contributed by atoms with E-state index in [9.17, 15) is 8.42 Å². The lowest BCUT2D eigenvalue weighted by molar-refractivity contribution is 0.0581. The molecule has 2 heterocycles. The summed E-state index contributed by atoms with van der Waals surface area (Å²) in [5, 5.41) is 0. The van der Waals surface area contributed by atoms with E-state index >= 15 is 0 Å². The fraction of sp³-hybridized carbons (Fsp3) is 0.316. The Morgan fingerprint density at radius 3 is 2.85 bits per heavy atom. The molecule has 1 N–H and O–H groups in total. The summed E-state index contributed by atoms with van der Waals surface area (Å²) < 4.78 is 40.6. The molecule has 142 valence electrons. The van der Waals surface area contributed by atoms with Gasteiger partial charge in [-0.1, -0.05) is 30.3 Å². The third-order valence-corrected chi connectivity index (χ3v) is 5.93. The molecule has 0 aliphatic carbocycles. The van der Waals surface area contributed by atoms with Gasteiger partial charge in [0, 0.05) is 12.6 Å². The van der Waals surface area contributed by atoms with E-state index < -0.39 is 10.0 Å². The summed E-state index contributed by atoms with van der Waals surface area (Å²) in [5.74, 6) is 1.48. The number of nitrogens with one attached hydrogen (secondary N) is 1. The van der Waals surface area contributed by atoms with Gasteiger partial charge in [-0.05, 0) is 17.7 Å². The molecule has 0 fully saturated rings. The van der Waals surface area contributed by atoms with Gasteiger partial charge in [-0.15, -0.1) is 0 Å². The lowest BCUT2D eigenvalue weighted by atomic mass is 10.2. The normalized spacial score (nSPS) is 17.0. The number of nitrogens with zero attached hydrogens (tertiary/aromatic N) is 2. The minimum atomic E-state index is -3.45. The largest absolute Gasteiger partial charge is 0.497 e. The summed E-state index contributed by atoms with van der Waals surface area (Å²) in [5.41, 5.74) is 2.51. The number of imidazole rings is 1. The predicted molar refractivity (Wildman–Crippen MR) is 102 cm³/mol. The van der Waals surface area contributed by atoms with Gasteiger partial charge in [-0.3, -0.25) is 0 Å². The zero-order valence-electron chi connectivity index (χ0n) is 15.0. The maximum Gasteiger partial charge on any atom is 0.215 e. The Morgan fingerprint density at radius 2 is 2.07 bits per heavy atom. The molecule has 7 nitrogen and oxygen atoms in total. The zero-order valence-corrected chi connectivity index (χ0v) is 15.8. The molecule has 27 heavy (non-hydrogen) atoms. The minimum absolute atomic E-state index is 0.0488. The Bertz CT molecular complexity index is 1050. The van der Waals surface area contributed by atoms with E-state index in [2.05, 4.69) is 9.71 Å². The molecule has 0 unspecified atom stereocenters. The number of methoxy groups -OCH3 is 1. The Labute approximate surface area is 158 Å². The van der Waals surface area contributed by atoms with Crippen molar-refractivity contribution in [3.8, 4) is 5.75 Å². The van der Waals surface area contributed by atoms with Gasteiger partial charge in [0.1, 0.15) is 18.2 Å². The minimum Gasteiger partial charge on any atom is -0.497 e. The lowest BCUT2D eigenvalue weighted by Gasteiger charge is -2.26. The highest BCUT2D eigenvalue weighted by Crippen LogP contribution is 2.28. The summed E-state index contributed by atoms with van der Waals surface area (Å²) in [6, 6.07) is 14.6. The highest BCUT2D eigenvalue weighted by atomic mass is 32.2. The Kier molecular flexibility index (Phi) is 4.86. The molecule has 1 aliphatic rings. The first-order valence-electron chi connectivity index (χ1n) is 8.69. The van der Waals surface area contributed by atoms with Gasteiger partial charge in [0.2, 0.25) is 10.0 Å². The fourth-order valence-corrected chi connectivity index (χ4v) is 4.52. The van der Waals surface area contributed by atoms with Crippen LogP contribution < -0.4 is 9.46 Å². The van der Waals surface area contributed by atoms with Crippen LogP contribution in [0.4, 0.5) is 0 Å². The van der Waals surface area contributed by atoms with Crippen molar-refractivity contribution in [1.82, 2.24) is 14.3 Å². The van der Waals surface area contributed by atoms with Gasteiger partial charge in [-0.25, -0.2) is 18.1 Å². The standard InChI is InChI=1S/C19H21N3O4S/c1-25-16-7-8-17-18(9-16)22-15(11-26-12-19(22)21-17)10-20-27(23,24)13-14-5-3-2-4-6-14/h2-9,15,20H,10-13H2,1H3/t15-/m0/s1. The first-order chi connectivity index (χ1) is 13.1. The van der Waals surface area contributed by atoms with Gasteiger partial charge in [0.05, 0.1) is 36.5 Å². The lowest BCUT2D eigenvalue weighted by Crippen LogP contribution is -2.36. The topological polar surface area (TPSA) is 82.5 Å². The number of benzene rings is 2. The molecule has 4 rings (SSSR count). The Hall–Kier alpha value is -2.42. The number of rotatable bonds is 6. The van der Waals surface area contributed by atoms with E-state index in [1.807, 2.05) is 41.0 Å². The molecule has 0 saturated heterocycles. The van der Waals surface area contributed by atoms with Gasteiger partial charge in [-0.2, -0.15) is 0 Å². The third kappa shape index (κ3) is 3.83. The summed E-state index contributed by atoms with van der Waals surface area (Å²) in [6.07, 6.45) is 0. The van der Waals surface area contributed by atoms with Crippen molar-refractivity contribution in [3.63, 3.8) is 0 Å². The average Bonchev–Trinajstić information content (AvgIpc) is 3.05. The van der Waals surface area contributed by atoms with Gasteiger partial charge in [0.25, 0.3) is 0 Å². The number of sulfonamides is 1. The average molecular weight is 387 g/mol. The van der Waals surface area contributed by atoms with Crippen molar-refractivity contribution >= 4 is 21.1 Å². The van der Waals surface area contributed by atoms with Crippen LogP contribution in [0.15, 0.2) is 48.5 Å². The van der Waals surface area contributed by atoms with Crippen molar-refractivity contribution in [3.05, 3.63) is 59.9 Å². The van der Waals surface area contributed by atoms with E-state index in [1.54, 1.807) is 19.2 Å².